The van der Waals surface area contributed by atoms with Gasteiger partial charge in [-0.15, -0.1) is 0 Å². The highest BCUT2D eigenvalue weighted by atomic mass is 16.8. The Morgan fingerprint density at radius 1 is 0.222 bits per heavy atom. The number of carbonyl (C=O) groups excluding carboxylic acids is 2. The minimum atomic E-state index is -2.64. The third-order valence-electron chi connectivity index (χ3n) is 21.7. The zero-order valence-corrected chi connectivity index (χ0v) is 61.9. The summed E-state index contributed by atoms with van der Waals surface area (Å²) in [7, 11) is 0. The largest absolute Gasteiger partial charge is 0.394 e. The fraction of sp³-hybridized carbons (Fsp3) is 0.969. The molecule has 1 unspecified atom stereocenters. The molecule has 32 N–H and O–H groups in total. The number of hydrogen-bond acceptors (Lipinski definition) is 51. The quantitative estimate of drug-likeness (QED) is 0.0318. The molecule has 10 heterocycles. The normalized spacial score (nSPS) is 51.5. The number of aliphatic hydroxyl groups is 30. The average molecular weight is 1720 g/mol. The molecule has 0 spiro atoms. The molecule has 0 bridgehead atoms. The second-order valence-electron chi connectivity index (χ2n) is 29.5. The molecular formula is C64H108N2O51. The van der Waals surface area contributed by atoms with Gasteiger partial charge in [0.2, 0.25) is 11.8 Å². The van der Waals surface area contributed by atoms with Crippen LogP contribution in [-0.4, -0.2) is 538 Å². The van der Waals surface area contributed by atoms with Gasteiger partial charge in [-0.05, 0) is 0 Å². The van der Waals surface area contributed by atoms with Crippen molar-refractivity contribution >= 4 is 11.8 Å². The van der Waals surface area contributed by atoms with Crippen molar-refractivity contribution in [1.29, 1.82) is 0 Å². The number of carbonyl (C=O) groups is 2. The second-order valence-corrected chi connectivity index (χ2v) is 29.5. The molecule has 10 aliphatic rings. The molecule has 53 nitrogen and oxygen atoms in total. The molecule has 0 aliphatic carbocycles. The third kappa shape index (κ3) is 20.7. The highest BCUT2D eigenvalue weighted by Gasteiger charge is 2.62. The zero-order valence-electron chi connectivity index (χ0n) is 61.9. The Morgan fingerprint density at radius 2 is 0.462 bits per heavy atom. The topological polar surface area (TPSA) is 840 Å². The van der Waals surface area contributed by atoms with Gasteiger partial charge in [-0.1, -0.05) is 0 Å². The van der Waals surface area contributed by atoms with Crippen LogP contribution in [0.15, 0.2) is 0 Å². The predicted molar refractivity (Wildman–Crippen MR) is 353 cm³/mol. The summed E-state index contributed by atoms with van der Waals surface area (Å²) in [5.74, 6) is -1.78. The van der Waals surface area contributed by atoms with Gasteiger partial charge >= 0.3 is 0 Å². The van der Waals surface area contributed by atoms with Crippen molar-refractivity contribution in [1.82, 2.24) is 10.6 Å². The fourth-order valence-corrected chi connectivity index (χ4v) is 15.0. The van der Waals surface area contributed by atoms with E-state index >= 15 is 0 Å². The molecule has 680 valence electrons. The van der Waals surface area contributed by atoms with Gasteiger partial charge in [-0.2, -0.15) is 0 Å². The molecular weight excluding hydrogens is 1610 g/mol. The number of amides is 2. The Labute approximate surface area is 660 Å². The second kappa shape index (κ2) is 41.9. The van der Waals surface area contributed by atoms with Crippen molar-refractivity contribution in [2.75, 3.05) is 66.1 Å². The lowest BCUT2D eigenvalue weighted by atomic mass is 9.94. The zero-order chi connectivity index (χ0) is 85.9. The van der Waals surface area contributed by atoms with E-state index < -0.39 is 385 Å². The molecule has 10 fully saturated rings. The number of aliphatic hydroxyl groups excluding tert-OH is 30. The van der Waals surface area contributed by atoms with Crippen LogP contribution in [0.1, 0.15) is 13.8 Å². The van der Waals surface area contributed by atoms with Gasteiger partial charge in [0, 0.05) is 13.8 Å². The van der Waals surface area contributed by atoms with Crippen LogP contribution in [0.3, 0.4) is 0 Å². The maximum Gasteiger partial charge on any atom is 0.217 e. The van der Waals surface area contributed by atoms with Crippen LogP contribution in [0.25, 0.3) is 0 Å². The number of ether oxygens (including phenoxy) is 19. The maximum absolute atomic E-state index is 13.0. The molecule has 0 saturated carbocycles. The summed E-state index contributed by atoms with van der Waals surface area (Å²) in [6.45, 7) is -9.30. The third-order valence-corrected chi connectivity index (χ3v) is 21.7. The van der Waals surface area contributed by atoms with Gasteiger partial charge < -0.3 is 254 Å². The molecule has 0 radical (unpaired) electrons. The van der Waals surface area contributed by atoms with Crippen LogP contribution >= 0.6 is 0 Å². The first kappa shape index (κ1) is 96.2. The Hall–Kier alpha value is -3.02. The van der Waals surface area contributed by atoms with Crippen molar-refractivity contribution in [3.8, 4) is 0 Å². The van der Waals surface area contributed by atoms with E-state index in [0.29, 0.717) is 0 Å². The first-order valence-electron chi connectivity index (χ1n) is 37.2. The molecule has 53 heteroatoms. The van der Waals surface area contributed by atoms with E-state index in [9.17, 15) is 163 Å². The van der Waals surface area contributed by atoms with Crippen LogP contribution < -0.4 is 10.6 Å². The standard InChI is InChI=1S/C64H108N2O51/c1-13(75)65-25-35(85)48(21(9-73)101-55(25)98)111-56-26(66-14(2)76)36(86)49(22(10-74)108-56)112-61-47(97)51(114-63-54(42(92)32(82)19(7-71)106-63)117-64-53(41(91)31(81)20(8-72)107-64)116-60-45(95)39(89)29(79)17(5-69)104-60)34(84)24(110-61)12-100-58-46(96)50(33(83)23(109-58)11-99-57-43(93)37(87)27(77)15(3-67)102-57)113-62-52(40(90)30(80)18(6-70)105-62)115-59-44(94)38(88)28(78)16(4-68)103-59/h15-64,67-74,77-98H,3-12H2,1-2H3,(H,65,75)(H,66,76)/t15-,16-,17-,18-,19-,20-,21-,22-,23-,24-,25-,26-,27-,28-,29-,30-,31-,32-,33-,34-,35-,36-,37+,38+,39+,40-,41+,42+,43+,44+,45+,46+,47+,48-,49-,50+,51+,52+,53+,54+,55?,56+,57+,58+,59-,60-,61+,62-,63-,64-/m1/s1. The minimum absolute atomic E-state index is 0.806. The fourth-order valence-electron chi connectivity index (χ4n) is 15.0. The highest BCUT2D eigenvalue weighted by Crippen LogP contribution is 2.41. The molecule has 2 amide bonds. The molecule has 50 atom stereocenters. The lowest BCUT2D eigenvalue weighted by Crippen LogP contribution is -2.70. The summed E-state index contributed by atoms with van der Waals surface area (Å²) in [5, 5.41) is 337. The van der Waals surface area contributed by atoms with Crippen molar-refractivity contribution in [3.05, 3.63) is 0 Å². The minimum Gasteiger partial charge on any atom is -0.394 e. The molecule has 117 heavy (non-hydrogen) atoms. The summed E-state index contributed by atoms with van der Waals surface area (Å²) in [4.78, 5) is 25.2. The van der Waals surface area contributed by atoms with E-state index in [4.69, 9.17) is 90.0 Å². The molecule has 0 aromatic rings. The van der Waals surface area contributed by atoms with Gasteiger partial charge in [0.05, 0.1) is 66.1 Å². The van der Waals surface area contributed by atoms with E-state index in [1.807, 2.05) is 0 Å². The van der Waals surface area contributed by atoms with Gasteiger partial charge in [-0.25, -0.2) is 0 Å². The van der Waals surface area contributed by atoms with Gasteiger partial charge in [0.15, 0.2) is 62.9 Å². The van der Waals surface area contributed by atoms with Crippen LogP contribution in [0, 0.1) is 0 Å². The molecule has 10 rings (SSSR count). The summed E-state index contributed by atoms with van der Waals surface area (Å²) < 4.78 is 111. The Morgan fingerprint density at radius 3 is 0.829 bits per heavy atom. The van der Waals surface area contributed by atoms with Crippen LogP contribution in [-0.2, 0) is 99.6 Å². The summed E-state index contributed by atoms with van der Waals surface area (Å²) in [6.07, 6.45) is -104. The van der Waals surface area contributed by atoms with E-state index in [1.54, 1.807) is 0 Å². The SMILES string of the molecule is CC(=O)N[C@H]1[C@H](O[C@H]2[C@H](O)[C@@H](NC(C)=O)C(O)O[C@@H]2CO)O[C@H](CO)[C@@H](O[C@@H]2O[C@H](CO[C@H]3O[C@H](CO[C@H]4O[C@H](CO)[C@@H](O)[C@H](O)[C@@H]4O)[C@@H](O)[C@H](O[C@H]4O[C@H](CO)[C@@H](O)[C@@H](O)[C@@H]4O[C@H]4O[C@H](CO)[C@@H](O)[C@H](O)[C@@H]4O)[C@@H]3O)[C@@H](O)[C@H](O[C@H]3O[C@H](CO)[C@@H](O)[C@H](O)[C@@H]3O[C@H]3O[C@H](CO)[C@@H](O)[C@H](O)[C@@H]3O[C@H]3O[C@H](CO)[C@@H](O)[C@H](O)[C@@H]3O)[C@@H]2O)[C@@H]1O. The lowest BCUT2D eigenvalue weighted by molar-refractivity contribution is -0.408. The van der Waals surface area contributed by atoms with E-state index in [1.165, 1.54) is 0 Å². The monoisotopic (exact) mass is 1720 g/mol. The van der Waals surface area contributed by atoms with E-state index in [-0.39, 0.29) is 0 Å². The number of rotatable bonds is 30. The van der Waals surface area contributed by atoms with Crippen molar-refractivity contribution < 1.29 is 253 Å². The summed E-state index contributed by atoms with van der Waals surface area (Å²) >= 11 is 0. The van der Waals surface area contributed by atoms with Crippen molar-refractivity contribution in [2.45, 2.75) is 321 Å². The number of hydrogen-bond donors (Lipinski definition) is 32. The summed E-state index contributed by atoms with van der Waals surface area (Å²) in [6, 6.07) is -3.64. The van der Waals surface area contributed by atoms with Crippen molar-refractivity contribution in [3.63, 3.8) is 0 Å². The summed E-state index contributed by atoms with van der Waals surface area (Å²) in [5.41, 5.74) is 0. The Kier molecular flexibility index (Phi) is 34.4. The Balaban J connectivity index is 1.01. The smallest absolute Gasteiger partial charge is 0.217 e. The Bertz CT molecular complexity index is 3050. The first-order valence-corrected chi connectivity index (χ1v) is 37.2. The predicted octanol–water partition coefficient (Wildman–Crippen LogP) is -22.5. The van der Waals surface area contributed by atoms with Gasteiger partial charge in [0.1, 0.15) is 244 Å². The van der Waals surface area contributed by atoms with Crippen molar-refractivity contribution in [2.24, 2.45) is 0 Å². The molecule has 10 aliphatic heterocycles. The van der Waals surface area contributed by atoms with Crippen LogP contribution in [0.5, 0.6) is 0 Å². The highest BCUT2D eigenvalue weighted by molar-refractivity contribution is 5.73. The lowest BCUT2D eigenvalue weighted by Gasteiger charge is -2.51. The molecule has 10 saturated heterocycles. The molecule has 0 aromatic heterocycles. The first-order chi connectivity index (χ1) is 55.4. The average Bonchev–Trinajstić information content (AvgIpc) is 0.770. The van der Waals surface area contributed by atoms with Gasteiger partial charge in [0.25, 0.3) is 0 Å². The van der Waals surface area contributed by atoms with Crippen LogP contribution in [0.2, 0.25) is 0 Å². The van der Waals surface area contributed by atoms with Crippen LogP contribution in [0.4, 0.5) is 0 Å². The number of nitrogens with one attached hydrogen (secondary N) is 2. The maximum atomic E-state index is 13.0. The molecule has 0 aromatic carbocycles. The van der Waals surface area contributed by atoms with E-state index in [2.05, 4.69) is 10.6 Å². The van der Waals surface area contributed by atoms with Gasteiger partial charge in [-0.3, -0.25) is 9.59 Å². The van der Waals surface area contributed by atoms with E-state index in [0.717, 1.165) is 13.8 Å².